The standard InChI is InChI=1S/C14H19ClFNS/c1-9(11-7-6-10(16)8-12(11)15)17-13-4-3-5-14(13)18-2/h6-9,13-14,17H,3-5H2,1-2H3. The van der Waals surface area contributed by atoms with Crippen molar-refractivity contribution >= 4 is 23.4 Å². The highest BCUT2D eigenvalue weighted by Crippen LogP contribution is 2.31. The average Bonchev–Trinajstić information content (AvgIpc) is 2.76. The molecule has 3 atom stereocenters. The van der Waals surface area contributed by atoms with Crippen LogP contribution in [0.3, 0.4) is 0 Å². The van der Waals surface area contributed by atoms with Crippen molar-refractivity contribution in [3.05, 3.63) is 34.6 Å². The molecule has 0 saturated heterocycles. The molecular weight excluding hydrogens is 269 g/mol. The molecule has 2 rings (SSSR count). The first-order valence-corrected chi connectivity index (χ1v) is 8.02. The van der Waals surface area contributed by atoms with Crippen molar-refractivity contribution in [3.63, 3.8) is 0 Å². The zero-order valence-electron chi connectivity index (χ0n) is 10.7. The first kappa shape index (κ1) is 14.2. The SMILES string of the molecule is CSC1CCCC1NC(C)c1ccc(F)cc1Cl. The zero-order valence-corrected chi connectivity index (χ0v) is 12.3. The summed E-state index contributed by atoms with van der Waals surface area (Å²) < 4.78 is 13.0. The van der Waals surface area contributed by atoms with Crippen LogP contribution in [0.15, 0.2) is 18.2 Å². The second-order valence-electron chi connectivity index (χ2n) is 4.87. The predicted molar refractivity (Wildman–Crippen MR) is 77.9 cm³/mol. The summed E-state index contributed by atoms with van der Waals surface area (Å²) in [6, 6.07) is 5.33. The van der Waals surface area contributed by atoms with Crippen LogP contribution < -0.4 is 5.32 Å². The molecule has 0 aromatic heterocycles. The molecule has 100 valence electrons. The van der Waals surface area contributed by atoms with Crippen LogP contribution in [0.2, 0.25) is 5.02 Å². The highest BCUT2D eigenvalue weighted by atomic mass is 35.5. The van der Waals surface area contributed by atoms with E-state index in [1.165, 1.54) is 31.4 Å². The van der Waals surface area contributed by atoms with Gasteiger partial charge in [-0.1, -0.05) is 24.1 Å². The molecule has 1 saturated carbocycles. The second kappa shape index (κ2) is 6.27. The van der Waals surface area contributed by atoms with Gasteiger partial charge in [-0.05, 0) is 43.7 Å². The highest BCUT2D eigenvalue weighted by Gasteiger charge is 2.27. The fourth-order valence-electron chi connectivity index (χ4n) is 2.66. The van der Waals surface area contributed by atoms with Gasteiger partial charge in [0.25, 0.3) is 0 Å². The summed E-state index contributed by atoms with van der Waals surface area (Å²) >= 11 is 8.02. The fourth-order valence-corrected chi connectivity index (χ4v) is 3.94. The molecule has 0 heterocycles. The van der Waals surface area contributed by atoms with Crippen molar-refractivity contribution in [3.8, 4) is 0 Å². The largest absolute Gasteiger partial charge is 0.306 e. The Morgan fingerprint density at radius 2 is 2.22 bits per heavy atom. The van der Waals surface area contributed by atoms with Gasteiger partial charge in [0.1, 0.15) is 5.82 Å². The predicted octanol–water partition coefficient (Wildman–Crippen LogP) is 4.41. The molecule has 1 N–H and O–H groups in total. The number of halogens is 2. The third-order valence-corrected chi connectivity index (χ3v) is 5.15. The van der Waals surface area contributed by atoms with Crippen molar-refractivity contribution in [2.24, 2.45) is 0 Å². The van der Waals surface area contributed by atoms with E-state index in [2.05, 4.69) is 18.5 Å². The molecule has 0 amide bonds. The lowest BCUT2D eigenvalue weighted by molar-refractivity contribution is 0.467. The van der Waals surface area contributed by atoms with Crippen LogP contribution in [0, 0.1) is 5.82 Å². The van der Waals surface area contributed by atoms with Gasteiger partial charge in [-0.15, -0.1) is 0 Å². The lowest BCUT2D eigenvalue weighted by atomic mass is 10.1. The Morgan fingerprint density at radius 3 is 2.89 bits per heavy atom. The normalized spacial score (nSPS) is 25.3. The van der Waals surface area contributed by atoms with Crippen LogP contribution in [-0.2, 0) is 0 Å². The molecule has 0 aliphatic heterocycles. The summed E-state index contributed by atoms with van der Waals surface area (Å²) in [7, 11) is 0. The molecule has 0 bridgehead atoms. The number of hydrogen-bond acceptors (Lipinski definition) is 2. The van der Waals surface area contributed by atoms with E-state index in [1.807, 2.05) is 11.8 Å². The van der Waals surface area contributed by atoms with Gasteiger partial charge in [-0.3, -0.25) is 0 Å². The van der Waals surface area contributed by atoms with Gasteiger partial charge in [-0.25, -0.2) is 4.39 Å². The molecule has 4 heteroatoms. The van der Waals surface area contributed by atoms with Crippen LogP contribution in [-0.4, -0.2) is 17.5 Å². The Kier molecular flexibility index (Phi) is 4.93. The van der Waals surface area contributed by atoms with E-state index in [1.54, 1.807) is 6.07 Å². The molecule has 1 fully saturated rings. The number of benzene rings is 1. The van der Waals surface area contributed by atoms with Crippen molar-refractivity contribution in [1.82, 2.24) is 5.32 Å². The Bertz CT molecular complexity index is 413. The van der Waals surface area contributed by atoms with Crippen LogP contribution in [0.25, 0.3) is 0 Å². The summed E-state index contributed by atoms with van der Waals surface area (Å²) in [5, 5.41) is 4.82. The zero-order chi connectivity index (χ0) is 13.1. The van der Waals surface area contributed by atoms with E-state index in [0.717, 1.165) is 5.56 Å². The van der Waals surface area contributed by atoms with Crippen molar-refractivity contribution < 1.29 is 4.39 Å². The maximum absolute atomic E-state index is 13.0. The Balaban J connectivity index is 2.05. The summed E-state index contributed by atoms with van der Waals surface area (Å²) in [4.78, 5) is 0. The van der Waals surface area contributed by atoms with Gasteiger partial charge < -0.3 is 5.32 Å². The fraction of sp³-hybridized carbons (Fsp3) is 0.571. The molecule has 3 unspecified atom stereocenters. The number of nitrogens with one attached hydrogen (secondary N) is 1. The van der Waals surface area contributed by atoms with Gasteiger partial charge in [0.05, 0.1) is 0 Å². The monoisotopic (exact) mass is 287 g/mol. The molecule has 1 aromatic carbocycles. The molecule has 1 aromatic rings. The molecule has 1 aliphatic rings. The van der Waals surface area contributed by atoms with E-state index < -0.39 is 0 Å². The quantitative estimate of drug-likeness (QED) is 0.880. The van der Waals surface area contributed by atoms with Crippen LogP contribution in [0.4, 0.5) is 4.39 Å². The lowest BCUT2D eigenvalue weighted by Crippen LogP contribution is -2.35. The van der Waals surface area contributed by atoms with Gasteiger partial charge >= 0.3 is 0 Å². The minimum atomic E-state index is -0.279. The van der Waals surface area contributed by atoms with E-state index in [-0.39, 0.29) is 11.9 Å². The summed E-state index contributed by atoms with van der Waals surface area (Å²) in [5.74, 6) is -0.279. The van der Waals surface area contributed by atoms with Crippen molar-refractivity contribution in [1.29, 1.82) is 0 Å². The molecular formula is C14H19ClFNS. The number of rotatable bonds is 4. The Morgan fingerprint density at radius 1 is 1.44 bits per heavy atom. The second-order valence-corrected chi connectivity index (χ2v) is 6.35. The van der Waals surface area contributed by atoms with E-state index in [4.69, 9.17) is 11.6 Å². The molecule has 0 radical (unpaired) electrons. The van der Waals surface area contributed by atoms with E-state index >= 15 is 0 Å². The van der Waals surface area contributed by atoms with Gasteiger partial charge in [-0.2, -0.15) is 11.8 Å². The Labute approximate surface area is 117 Å². The van der Waals surface area contributed by atoms with Gasteiger partial charge in [0.15, 0.2) is 0 Å². The smallest absolute Gasteiger partial charge is 0.124 e. The van der Waals surface area contributed by atoms with Gasteiger partial charge in [0, 0.05) is 22.4 Å². The number of thioether (sulfide) groups is 1. The summed E-state index contributed by atoms with van der Waals surface area (Å²) in [6.45, 7) is 2.09. The van der Waals surface area contributed by atoms with Crippen LogP contribution in [0.5, 0.6) is 0 Å². The topological polar surface area (TPSA) is 12.0 Å². The van der Waals surface area contributed by atoms with Crippen LogP contribution in [0.1, 0.15) is 37.8 Å². The van der Waals surface area contributed by atoms with Crippen LogP contribution >= 0.6 is 23.4 Å². The first-order valence-electron chi connectivity index (χ1n) is 6.35. The van der Waals surface area contributed by atoms with E-state index in [0.29, 0.717) is 16.3 Å². The third-order valence-electron chi connectivity index (χ3n) is 3.65. The van der Waals surface area contributed by atoms with Gasteiger partial charge in [0.2, 0.25) is 0 Å². The van der Waals surface area contributed by atoms with Crippen molar-refractivity contribution in [2.75, 3.05) is 6.26 Å². The molecule has 18 heavy (non-hydrogen) atoms. The van der Waals surface area contributed by atoms with E-state index in [9.17, 15) is 4.39 Å². The van der Waals surface area contributed by atoms with Crippen molar-refractivity contribution in [2.45, 2.75) is 43.5 Å². The summed E-state index contributed by atoms with van der Waals surface area (Å²) in [6.07, 6.45) is 5.95. The lowest BCUT2D eigenvalue weighted by Gasteiger charge is -2.24. The minimum absolute atomic E-state index is 0.163. The average molecular weight is 288 g/mol. The molecule has 1 aliphatic carbocycles. The maximum atomic E-state index is 13.0. The molecule has 1 nitrogen and oxygen atoms in total. The number of hydrogen-bond donors (Lipinski definition) is 1. The minimum Gasteiger partial charge on any atom is -0.306 e. The Hall–Kier alpha value is -0.250. The summed E-state index contributed by atoms with van der Waals surface area (Å²) in [5.41, 5.74) is 0.977. The highest BCUT2D eigenvalue weighted by molar-refractivity contribution is 7.99. The maximum Gasteiger partial charge on any atom is 0.124 e. The molecule has 0 spiro atoms. The third kappa shape index (κ3) is 3.19. The first-order chi connectivity index (χ1) is 8.61.